The quantitative estimate of drug-likeness (QED) is 0.716. The molecule has 0 aliphatic rings. The second kappa shape index (κ2) is 7.27. The zero-order valence-electron chi connectivity index (χ0n) is 13.3. The summed E-state index contributed by atoms with van der Waals surface area (Å²) in [6.07, 6.45) is 1.66. The number of amides is 1. The van der Waals surface area contributed by atoms with Crippen molar-refractivity contribution < 1.29 is 9.32 Å². The number of aryl methyl sites for hydroxylation is 2. The molecule has 122 valence electrons. The topological polar surface area (TPSA) is 80.9 Å². The van der Waals surface area contributed by atoms with E-state index in [0.29, 0.717) is 17.5 Å². The third kappa shape index (κ3) is 4.20. The first-order valence-corrected chi connectivity index (χ1v) is 8.35. The summed E-state index contributed by atoms with van der Waals surface area (Å²) in [5.74, 6) is 1.24. The zero-order valence-corrected chi connectivity index (χ0v) is 14.1. The molecule has 6 nitrogen and oxygen atoms in total. The maximum atomic E-state index is 12.0. The van der Waals surface area contributed by atoms with Crippen LogP contribution < -0.4 is 5.32 Å². The van der Waals surface area contributed by atoms with Crippen molar-refractivity contribution in [2.45, 2.75) is 18.9 Å². The molecule has 1 amide bonds. The third-order valence-electron chi connectivity index (χ3n) is 3.20. The second-order valence-corrected chi connectivity index (χ2v) is 6.23. The molecule has 2 aromatic heterocycles. The standard InChI is InChI=1S/C17H16N4O2S/c1-11-3-6-14(7-4-11)20-15(22)10-24-16-8-5-13(9-18-16)17-19-12(2)21-23-17/h3-9H,10H2,1-2H3,(H,20,22). The van der Waals surface area contributed by atoms with Gasteiger partial charge in [-0.2, -0.15) is 4.98 Å². The van der Waals surface area contributed by atoms with Crippen molar-refractivity contribution in [1.29, 1.82) is 0 Å². The van der Waals surface area contributed by atoms with Gasteiger partial charge in [-0.05, 0) is 38.1 Å². The maximum absolute atomic E-state index is 12.0. The Hall–Kier alpha value is -2.67. The number of pyridine rings is 1. The largest absolute Gasteiger partial charge is 0.334 e. The lowest BCUT2D eigenvalue weighted by Gasteiger charge is -2.05. The van der Waals surface area contributed by atoms with Gasteiger partial charge in [0.1, 0.15) is 0 Å². The molecule has 0 bridgehead atoms. The van der Waals surface area contributed by atoms with Crippen LogP contribution in [-0.4, -0.2) is 26.8 Å². The smallest absolute Gasteiger partial charge is 0.259 e. The fourth-order valence-electron chi connectivity index (χ4n) is 1.98. The number of hydrogen-bond acceptors (Lipinski definition) is 6. The molecule has 2 heterocycles. The predicted molar refractivity (Wildman–Crippen MR) is 92.8 cm³/mol. The Morgan fingerprint density at radius 1 is 1.17 bits per heavy atom. The van der Waals surface area contributed by atoms with Crippen LogP contribution in [0, 0.1) is 13.8 Å². The lowest BCUT2D eigenvalue weighted by Crippen LogP contribution is -2.13. The molecule has 1 aromatic carbocycles. The lowest BCUT2D eigenvalue weighted by atomic mass is 10.2. The van der Waals surface area contributed by atoms with Gasteiger partial charge in [0.25, 0.3) is 5.89 Å². The molecule has 0 saturated carbocycles. The highest BCUT2D eigenvalue weighted by molar-refractivity contribution is 7.99. The van der Waals surface area contributed by atoms with Crippen LogP contribution in [0.2, 0.25) is 0 Å². The van der Waals surface area contributed by atoms with Gasteiger partial charge in [-0.15, -0.1) is 0 Å². The first-order valence-electron chi connectivity index (χ1n) is 7.36. The minimum Gasteiger partial charge on any atom is -0.334 e. The van der Waals surface area contributed by atoms with Gasteiger partial charge in [-0.1, -0.05) is 34.6 Å². The first-order chi connectivity index (χ1) is 11.6. The highest BCUT2D eigenvalue weighted by Gasteiger charge is 2.08. The minimum atomic E-state index is -0.0674. The van der Waals surface area contributed by atoms with E-state index in [9.17, 15) is 4.79 Å². The molecule has 7 heteroatoms. The van der Waals surface area contributed by atoms with E-state index in [1.54, 1.807) is 13.1 Å². The summed E-state index contributed by atoms with van der Waals surface area (Å²) in [5, 5.41) is 7.37. The summed E-state index contributed by atoms with van der Waals surface area (Å²) >= 11 is 1.37. The van der Waals surface area contributed by atoms with Gasteiger partial charge in [-0.25, -0.2) is 4.98 Å². The van der Waals surface area contributed by atoms with Gasteiger partial charge < -0.3 is 9.84 Å². The van der Waals surface area contributed by atoms with Crippen LogP contribution in [0.15, 0.2) is 52.1 Å². The average molecular weight is 340 g/mol. The van der Waals surface area contributed by atoms with Gasteiger partial charge in [0.05, 0.1) is 16.3 Å². The SMILES string of the molecule is Cc1ccc(NC(=O)CSc2ccc(-c3nc(C)no3)cn2)cc1. The number of carbonyl (C=O) groups excluding carboxylic acids is 1. The average Bonchev–Trinajstić information content (AvgIpc) is 3.02. The molecule has 3 rings (SSSR count). The molecule has 0 fully saturated rings. The van der Waals surface area contributed by atoms with Crippen LogP contribution >= 0.6 is 11.8 Å². The van der Waals surface area contributed by atoms with Gasteiger partial charge in [0, 0.05) is 11.9 Å². The van der Waals surface area contributed by atoms with Gasteiger partial charge in [0.2, 0.25) is 5.91 Å². The van der Waals surface area contributed by atoms with E-state index in [1.807, 2.05) is 43.3 Å². The van der Waals surface area contributed by atoms with Crippen molar-refractivity contribution >= 4 is 23.4 Å². The second-order valence-electron chi connectivity index (χ2n) is 5.23. The Morgan fingerprint density at radius 3 is 2.58 bits per heavy atom. The molecule has 0 aliphatic carbocycles. The van der Waals surface area contributed by atoms with E-state index in [2.05, 4.69) is 20.4 Å². The summed E-state index contributed by atoms with van der Waals surface area (Å²) in [7, 11) is 0. The lowest BCUT2D eigenvalue weighted by molar-refractivity contribution is -0.113. The van der Waals surface area contributed by atoms with E-state index >= 15 is 0 Å². The summed E-state index contributed by atoms with van der Waals surface area (Å²) in [5.41, 5.74) is 2.70. The van der Waals surface area contributed by atoms with Crippen molar-refractivity contribution in [3.8, 4) is 11.5 Å². The molecule has 0 spiro atoms. The molecule has 0 atom stereocenters. The third-order valence-corrected chi connectivity index (χ3v) is 4.14. The number of nitrogens with one attached hydrogen (secondary N) is 1. The molecule has 24 heavy (non-hydrogen) atoms. The number of benzene rings is 1. The van der Waals surface area contributed by atoms with Crippen LogP contribution in [0.3, 0.4) is 0 Å². The maximum Gasteiger partial charge on any atom is 0.259 e. The van der Waals surface area contributed by atoms with Crippen molar-refractivity contribution in [2.24, 2.45) is 0 Å². The zero-order chi connectivity index (χ0) is 16.9. The highest BCUT2D eigenvalue weighted by atomic mass is 32.2. The van der Waals surface area contributed by atoms with Crippen molar-refractivity contribution in [1.82, 2.24) is 15.1 Å². The summed E-state index contributed by atoms with van der Waals surface area (Å²) < 4.78 is 5.09. The fraction of sp³-hybridized carbons (Fsp3) is 0.176. The van der Waals surface area contributed by atoms with E-state index < -0.39 is 0 Å². The van der Waals surface area contributed by atoms with Crippen molar-refractivity contribution in [3.05, 3.63) is 54.0 Å². The number of thioether (sulfide) groups is 1. The normalized spacial score (nSPS) is 10.6. The molecule has 1 N–H and O–H groups in total. The number of anilines is 1. The number of carbonyl (C=O) groups is 1. The Labute approximate surface area is 143 Å². The predicted octanol–water partition coefficient (Wildman–Crippen LogP) is 3.48. The molecule has 0 radical (unpaired) electrons. The number of rotatable bonds is 5. The minimum absolute atomic E-state index is 0.0674. The Bertz CT molecular complexity index is 829. The summed E-state index contributed by atoms with van der Waals surface area (Å²) in [4.78, 5) is 20.4. The Balaban J connectivity index is 1.54. The van der Waals surface area contributed by atoms with E-state index in [1.165, 1.54) is 11.8 Å². The highest BCUT2D eigenvalue weighted by Crippen LogP contribution is 2.21. The molecule has 3 aromatic rings. The fourth-order valence-corrected chi connectivity index (χ4v) is 2.62. The molecular formula is C17H16N4O2S. The monoisotopic (exact) mass is 340 g/mol. The van der Waals surface area contributed by atoms with Gasteiger partial charge >= 0.3 is 0 Å². The number of nitrogens with zero attached hydrogens (tertiary/aromatic N) is 3. The van der Waals surface area contributed by atoms with E-state index in [0.717, 1.165) is 21.8 Å². The summed E-state index contributed by atoms with van der Waals surface area (Å²) in [6.45, 7) is 3.77. The van der Waals surface area contributed by atoms with Crippen molar-refractivity contribution in [2.75, 3.05) is 11.1 Å². The van der Waals surface area contributed by atoms with Crippen LogP contribution in [0.25, 0.3) is 11.5 Å². The van der Waals surface area contributed by atoms with Crippen LogP contribution in [0.4, 0.5) is 5.69 Å². The summed E-state index contributed by atoms with van der Waals surface area (Å²) in [6, 6.07) is 11.4. The Kier molecular flexibility index (Phi) is 4.90. The van der Waals surface area contributed by atoms with Crippen molar-refractivity contribution in [3.63, 3.8) is 0 Å². The molecule has 0 unspecified atom stereocenters. The molecule has 0 aliphatic heterocycles. The van der Waals surface area contributed by atoms with Gasteiger partial charge in [0.15, 0.2) is 5.82 Å². The Morgan fingerprint density at radius 2 is 1.96 bits per heavy atom. The van der Waals surface area contributed by atoms with Crippen LogP contribution in [0.1, 0.15) is 11.4 Å². The number of hydrogen-bond donors (Lipinski definition) is 1. The number of aromatic nitrogens is 3. The first kappa shape index (κ1) is 16.2. The van der Waals surface area contributed by atoms with E-state index in [-0.39, 0.29) is 5.91 Å². The van der Waals surface area contributed by atoms with Gasteiger partial charge in [-0.3, -0.25) is 4.79 Å². The van der Waals surface area contributed by atoms with Crippen LogP contribution in [-0.2, 0) is 4.79 Å². The molecular weight excluding hydrogens is 324 g/mol. The molecule has 0 saturated heterocycles. The van der Waals surface area contributed by atoms with E-state index in [4.69, 9.17) is 4.52 Å². The van der Waals surface area contributed by atoms with Crippen LogP contribution in [0.5, 0.6) is 0 Å².